The van der Waals surface area contributed by atoms with Gasteiger partial charge in [-0.05, 0) is 42.0 Å². The minimum absolute atomic E-state index is 0.111. The molecule has 0 aliphatic heterocycles. The van der Waals surface area contributed by atoms with Crippen molar-refractivity contribution < 1.29 is 22.7 Å². The lowest BCUT2D eigenvalue weighted by atomic mass is 10.1. The van der Waals surface area contributed by atoms with Crippen molar-refractivity contribution >= 4 is 23.2 Å². The van der Waals surface area contributed by atoms with Gasteiger partial charge in [-0.1, -0.05) is 48.0 Å². The van der Waals surface area contributed by atoms with Crippen LogP contribution in [0.5, 0.6) is 5.75 Å². The minimum atomic E-state index is -4.55. The number of hydrogen-bond donors (Lipinski definition) is 2. The lowest BCUT2D eigenvalue weighted by molar-refractivity contribution is -0.137. The summed E-state index contributed by atoms with van der Waals surface area (Å²) in [6, 6.07) is 19.2. The molecule has 0 aliphatic rings. The number of hydrogen-bond acceptors (Lipinski definition) is 4. The molecular formula is C27H24ClF3N4O2. The molecule has 0 fully saturated rings. The summed E-state index contributed by atoms with van der Waals surface area (Å²) in [5.41, 5.74) is 1.67. The van der Waals surface area contributed by atoms with Crippen LogP contribution in [0.25, 0.3) is 11.3 Å². The van der Waals surface area contributed by atoms with Gasteiger partial charge in [-0.3, -0.25) is 9.48 Å². The van der Waals surface area contributed by atoms with Gasteiger partial charge in [0.15, 0.2) is 0 Å². The molecule has 1 amide bonds. The SMILES string of the molecule is Cn1ncc(Cl)c1-c1cc(NC(=O)c2cccc(C(F)(F)F)c2)ccc1OCCNCc1ccccc1. The second-order valence-corrected chi connectivity index (χ2v) is 8.63. The van der Waals surface area contributed by atoms with Crippen molar-refractivity contribution in [3.63, 3.8) is 0 Å². The average Bonchev–Trinajstić information content (AvgIpc) is 3.22. The molecule has 0 radical (unpaired) electrons. The van der Waals surface area contributed by atoms with Gasteiger partial charge in [0.25, 0.3) is 5.91 Å². The fraction of sp³-hybridized carbons (Fsp3) is 0.185. The standard InChI is InChI=1S/C27H24ClF3N4O2/c1-35-25(23(28)17-33-35)22-15-21(34-26(36)19-8-5-9-20(14-19)27(29,30)31)10-11-24(22)37-13-12-32-16-18-6-3-2-4-7-18/h2-11,14-15,17,32H,12-13,16H2,1H3,(H,34,36). The van der Waals surface area contributed by atoms with E-state index >= 15 is 0 Å². The Morgan fingerprint density at radius 3 is 2.54 bits per heavy atom. The van der Waals surface area contributed by atoms with Crippen molar-refractivity contribution in [1.29, 1.82) is 0 Å². The van der Waals surface area contributed by atoms with Crippen LogP contribution >= 0.6 is 11.6 Å². The number of ether oxygens (including phenoxy) is 1. The first-order valence-electron chi connectivity index (χ1n) is 11.4. The first-order chi connectivity index (χ1) is 17.7. The van der Waals surface area contributed by atoms with E-state index < -0.39 is 17.6 Å². The Labute approximate surface area is 217 Å². The highest BCUT2D eigenvalue weighted by Crippen LogP contribution is 2.37. The predicted octanol–water partition coefficient (Wildman–Crippen LogP) is 6.18. The topological polar surface area (TPSA) is 68.2 Å². The van der Waals surface area contributed by atoms with Gasteiger partial charge < -0.3 is 15.4 Å². The number of aryl methyl sites for hydroxylation is 1. The Morgan fingerprint density at radius 1 is 1.05 bits per heavy atom. The minimum Gasteiger partial charge on any atom is -0.492 e. The highest BCUT2D eigenvalue weighted by atomic mass is 35.5. The van der Waals surface area contributed by atoms with Crippen LogP contribution in [0.4, 0.5) is 18.9 Å². The van der Waals surface area contributed by atoms with Gasteiger partial charge >= 0.3 is 6.18 Å². The zero-order valence-electron chi connectivity index (χ0n) is 19.8. The number of carbonyl (C=O) groups excluding carboxylic acids is 1. The summed E-state index contributed by atoms with van der Waals surface area (Å²) < 4.78 is 46.7. The number of alkyl halides is 3. The second-order valence-electron chi connectivity index (χ2n) is 8.22. The molecular weight excluding hydrogens is 505 g/mol. The maximum Gasteiger partial charge on any atom is 0.416 e. The molecule has 1 heterocycles. The Balaban J connectivity index is 1.50. The van der Waals surface area contributed by atoms with E-state index in [-0.39, 0.29) is 5.56 Å². The lowest BCUT2D eigenvalue weighted by Crippen LogP contribution is -2.20. The van der Waals surface area contributed by atoms with E-state index in [0.29, 0.717) is 47.4 Å². The monoisotopic (exact) mass is 528 g/mol. The number of aromatic nitrogens is 2. The third-order valence-electron chi connectivity index (χ3n) is 5.55. The van der Waals surface area contributed by atoms with E-state index in [1.807, 2.05) is 30.3 Å². The number of anilines is 1. The number of nitrogens with zero attached hydrogens (tertiary/aromatic N) is 2. The van der Waals surface area contributed by atoms with Crippen molar-refractivity contribution in [1.82, 2.24) is 15.1 Å². The largest absolute Gasteiger partial charge is 0.492 e. The molecule has 4 rings (SSSR count). The van der Waals surface area contributed by atoms with E-state index in [9.17, 15) is 18.0 Å². The summed E-state index contributed by atoms with van der Waals surface area (Å²) in [5.74, 6) is -0.156. The summed E-state index contributed by atoms with van der Waals surface area (Å²) >= 11 is 6.37. The van der Waals surface area contributed by atoms with Crippen molar-refractivity contribution in [2.45, 2.75) is 12.7 Å². The third kappa shape index (κ3) is 6.69. The van der Waals surface area contributed by atoms with Gasteiger partial charge in [0, 0.05) is 37.0 Å². The van der Waals surface area contributed by atoms with Crippen LogP contribution in [0.1, 0.15) is 21.5 Å². The second kappa shape index (κ2) is 11.5. The van der Waals surface area contributed by atoms with E-state index in [2.05, 4.69) is 15.7 Å². The van der Waals surface area contributed by atoms with Crippen molar-refractivity contribution in [3.05, 3.63) is 101 Å². The fourth-order valence-corrected chi connectivity index (χ4v) is 4.00. The number of benzene rings is 3. The van der Waals surface area contributed by atoms with Crippen LogP contribution in [0.15, 0.2) is 79.0 Å². The Bertz CT molecular complexity index is 1350. The molecule has 0 saturated carbocycles. The summed E-state index contributed by atoms with van der Waals surface area (Å²) in [7, 11) is 1.72. The summed E-state index contributed by atoms with van der Waals surface area (Å²) in [6.45, 7) is 1.65. The quantitative estimate of drug-likeness (QED) is 0.255. The molecule has 3 aromatic carbocycles. The van der Waals surface area contributed by atoms with Crippen LogP contribution in [0.2, 0.25) is 5.02 Å². The molecule has 0 atom stereocenters. The van der Waals surface area contributed by atoms with Crippen molar-refractivity contribution in [3.8, 4) is 17.0 Å². The van der Waals surface area contributed by atoms with E-state index in [1.165, 1.54) is 18.3 Å². The molecule has 4 aromatic rings. The molecule has 37 heavy (non-hydrogen) atoms. The van der Waals surface area contributed by atoms with E-state index in [1.54, 1.807) is 29.9 Å². The summed E-state index contributed by atoms with van der Waals surface area (Å²) in [5, 5.41) is 10.5. The normalized spacial score (nSPS) is 11.4. The van der Waals surface area contributed by atoms with Crippen LogP contribution in [0.3, 0.4) is 0 Å². The van der Waals surface area contributed by atoms with Gasteiger partial charge in [0.1, 0.15) is 12.4 Å². The molecule has 0 saturated heterocycles. The van der Waals surface area contributed by atoms with Crippen LogP contribution in [-0.4, -0.2) is 28.8 Å². The molecule has 0 aliphatic carbocycles. The zero-order valence-corrected chi connectivity index (χ0v) is 20.6. The van der Waals surface area contributed by atoms with E-state index in [4.69, 9.17) is 16.3 Å². The summed E-state index contributed by atoms with van der Waals surface area (Å²) in [6.07, 6.45) is -3.05. The number of rotatable bonds is 9. The lowest BCUT2D eigenvalue weighted by Gasteiger charge is -2.15. The molecule has 0 bridgehead atoms. The molecule has 1 aromatic heterocycles. The maximum absolute atomic E-state index is 13.1. The van der Waals surface area contributed by atoms with Crippen molar-refractivity contribution in [2.24, 2.45) is 7.05 Å². The molecule has 10 heteroatoms. The fourth-order valence-electron chi connectivity index (χ4n) is 3.73. The Hall–Kier alpha value is -3.82. The smallest absolute Gasteiger partial charge is 0.416 e. The zero-order chi connectivity index (χ0) is 26.4. The molecule has 2 N–H and O–H groups in total. The van der Waals surface area contributed by atoms with Crippen LogP contribution in [0, 0.1) is 0 Å². The summed E-state index contributed by atoms with van der Waals surface area (Å²) in [4.78, 5) is 12.7. The Morgan fingerprint density at radius 2 is 1.84 bits per heavy atom. The molecule has 192 valence electrons. The van der Waals surface area contributed by atoms with Crippen LogP contribution in [-0.2, 0) is 19.8 Å². The van der Waals surface area contributed by atoms with Gasteiger partial charge in [-0.15, -0.1) is 0 Å². The first kappa shape index (κ1) is 26.2. The van der Waals surface area contributed by atoms with Gasteiger partial charge in [0.05, 0.1) is 22.5 Å². The molecule has 6 nitrogen and oxygen atoms in total. The molecule has 0 spiro atoms. The Kier molecular flexibility index (Phi) is 8.15. The van der Waals surface area contributed by atoms with Crippen molar-refractivity contribution in [2.75, 3.05) is 18.5 Å². The maximum atomic E-state index is 13.1. The van der Waals surface area contributed by atoms with E-state index in [0.717, 1.165) is 17.7 Å². The van der Waals surface area contributed by atoms with Crippen LogP contribution < -0.4 is 15.4 Å². The highest BCUT2D eigenvalue weighted by Gasteiger charge is 2.31. The van der Waals surface area contributed by atoms with Gasteiger partial charge in [-0.2, -0.15) is 18.3 Å². The van der Waals surface area contributed by atoms with Gasteiger partial charge in [-0.25, -0.2) is 0 Å². The number of halogens is 4. The first-order valence-corrected chi connectivity index (χ1v) is 11.8. The number of amides is 1. The van der Waals surface area contributed by atoms with Gasteiger partial charge in [0.2, 0.25) is 0 Å². The number of nitrogens with one attached hydrogen (secondary N) is 2. The highest BCUT2D eigenvalue weighted by molar-refractivity contribution is 6.33. The predicted molar refractivity (Wildman–Crippen MR) is 137 cm³/mol. The third-order valence-corrected chi connectivity index (χ3v) is 5.82. The number of carbonyl (C=O) groups is 1. The molecule has 0 unspecified atom stereocenters. The average molecular weight is 529 g/mol.